The van der Waals surface area contributed by atoms with Gasteiger partial charge in [-0.2, -0.15) is 9.29 Å². The van der Waals surface area contributed by atoms with Crippen LogP contribution in [0.4, 0.5) is 5.69 Å². The van der Waals surface area contributed by atoms with Gasteiger partial charge in [0.2, 0.25) is 21.7 Å². The van der Waals surface area contributed by atoms with Crippen LogP contribution >= 0.6 is 0 Å². The number of piperidine rings is 1. The number of rotatable bonds is 4. The molecule has 0 aliphatic carbocycles. The lowest BCUT2D eigenvalue weighted by Gasteiger charge is -2.29. The lowest BCUT2D eigenvalue weighted by atomic mass is 9.98. The van der Waals surface area contributed by atoms with Crippen LogP contribution in [0.2, 0.25) is 0 Å². The van der Waals surface area contributed by atoms with Crippen LogP contribution in [0.25, 0.3) is 11.4 Å². The van der Waals surface area contributed by atoms with E-state index in [0.717, 1.165) is 5.56 Å². The number of nitrogen functional groups attached to an aromatic ring is 1. The van der Waals surface area contributed by atoms with Gasteiger partial charge in [0, 0.05) is 30.3 Å². The van der Waals surface area contributed by atoms with Crippen LogP contribution in [0, 0.1) is 0 Å². The van der Waals surface area contributed by atoms with E-state index >= 15 is 0 Å². The van der Waals surface area contributed by atoms with Crippen LogP contribution < -0.4 is 5.73 Å². The highest BCUT2D eigenvalue weighted by molar-refractivity contribution is 7.89. The zero-order chi connectivity index (χ0) is 18.9. The Morgan fingerprint density at radius 3 is 2.33 bits per heavy atom. The largest absolute Gasteiger partial charge is 0.399 e. The Bertz CT molecular complexity index is 1010. The van der Waals surface area contributed by atoms with Crippen LogP contribution in [0.5, 0.6) is 0 Å². The van der Waals surface area contributed by atoms with Gasteiger partial charge >= 0.3 is 0 Å². The molecule has 2 aromatic carbocycles. The van der Waals surface area contributed by atoms with Crippen molar-refractivity contribution >= 4 is 15.7 Å². The van der Waals surface area contributed by atoms with E-state index < -0.39 is 10.0 Å². The van der Waals surface area contributed by atoms with Crippen LogP contribution in [0.3, 0.4) is 0 Å². The fourth-order valence-corrected chi connectivity index (χ4v) is 4.71. The van der Waals surface area contributed by atoms with Gasteiger partial charge in [0.1, 0.15) is 0 Å². The fraction of sp³-hybridized carbons (Fsp3) is 0.263. The molecular weight excluding hydrogens is 364 g/mol. The third-order valence-electron chi connectivity index (χ3n) is 4.79. The lowest BCUT2D eigenvalue weighted by Crippen LogP contribution is -2.37. The minimum atomic E-state index is -3.51. The molecule has 1 aromatic heterocycles. The minimum absolute atomic E-state index is 0.0628. The van der Waals surface area contributed by atoms with Gasteiger partial charge in [-0.15, -0.1) is 0 Å². The monoisotopic (exact) mass is 384 g/mol. The lowest BCUT2D eigenvalue weighted by molar-refractivity contribution is 0.271. The molecule has 4 rings (SSSR count). The Morgan fingerprint density at radius 2 is 1.67 bits per heavy atom. The summed E-state index contributed by atoms with van der Waals surface area (Å²) >= 11 is 0. The third kappa shape index (κ3) is 3.58. The minimum Gasteiger partial charge on any atom is -0.399 e. The number of sulfonamides is 1. The molecule has 1 saturated heterocycles. The normalized spacial score (nSPS) is 16.4. The molecule has 1 aliphatic heterocycles. The average Bonchev–Trinajstić information content (AvgIpc) is 3.19. The highest BCUT2D eigenvalue weighted by Gasteiger charge is 2.32. The van der Waals surface area contributed by atoms with Gasteiger partial charge in [0.15, 0.2) is 0 Å². The van der Waals surface area contributed by atoms with Crippen molar-refractivity contribution in [3.8, 4) is 11.4 Å². The standard InChI is InChI=1S/C19H20N4O3S/c20-16-6-8-17(9-7-16)27(24,25)23-12-10-15(11-13-23)19-21-18(22-26-19)14-4-2-1-3-5-14/h1-9,15H,10-13,20H2. The van der Waals surface area contributed by atoms with Gasteiger partial charge in [0.25, 0.3) is 0 Å². The fourth-order valence-electron chi connectivity index (χ4n) is 3.24. The van der Waals surface area contributed by atoms with Crippen LogP contribution in [-0.4, -0.2) is 36.0 Å². The topological polar surface area (TPSA) is 102 Å². The molecule has 8 heteroatoms. The summed E-state index contributed by atoms with van der Waals surface area (Å²) in [6.07, 6.45) is 1.29. The Hall–Kier alpha value is -2.71. The quantitative estimate of drug-likeness (QED) is 0.694. The summed E-state index contributed by atoms with van der Waals surface area (Å²) in [5.41, 5.74) is 7.08. The van der Waals surface area contributed by atoms with E-state index in [1.807, 2.05) is 30.3 Å². The summed E-state index contributed by atoms with van der Waals surface area (Å²) in [6.45, 7) is 0.834. The van der Waals surface area contributed by atoms with Crippen molar-refractivity contribution in [2.75, 3.05) is 18.8 Å². The molecule has 0 unspecified atom stereocenters. The summed E-state index contributed by atoms with van der Waals surface area (Å²) in [5.74, 6) is 1.19. The molecule has 0 spiro atoms. The van der Waals surface area contributed by atoms with Crippen molar-refractivity contribution in [2.45, 2.75) is 23.7 Å². The Morgan fingerprint density at radius 1 is 1.00 bits per heavy atom. The molecule has 0 bridgehead atoms. The molecule has 3 aromatic rings. The van der Waals surface area contributed by atoms with Crippen LogP contribution in [-0.2, 0) is 10.0 Å². The molecule has 2 heterocycles. The first-order chi connectivity index (χ1) is 13.0. The van der Waals surface area contributed by atoms with Gasteiger partial charge in [0.05, 0.1) is 4.90 Å². The number of nitrogens with zero attached hydrogens (tertiary/aromatic N) is 3. The highest BCUT2D eigenvalue weighted by atomic mass is 32.2. The maximum Gasteiger partial charge on any atom is 0.243 e. The number of hydrogen-bond acceptors (Lipinski definition) is 6. The predicted octanol–water partition coefficient (Wildman–Crippen LogP) is 2.89. The summed E-state index contributed by atoms with van der Waals surface area (Å²) in [5, 5.41) is 4.06. The van der Waals surface area contributed by atoms with E-state index in [2.05, 4.69) is 10.1 Å². The smallest absolute Gasteiger partial charge is 0.243 e. The second-order valence-corrected chi connectivity index (χ2v) is 8.51. The van der Waals surface area contributed by atoms with Crippen molar-refractivity contribution in [1.82, 2.24) is 14.4 Å². The van der Waals surface area contributed by atoms with Crippen LogP contribution in [0.15, 0.2) is 64.0 Å². The summed E-state index contributed by atoms with van der Waals surface area (Å²) < 4.78 is 32.5. The molecular formula is C19H20N4O3S. The van der Waals surface area contributed by atoms with E-state index in [4.69, 9.17) is 10.3 Å². The second-order valence-electron chi connectivity index (χ2n) is 6.57. The highest BCUT2D eigenvalue weighted by Crippen LogP contribution is 2.31. The van der Waals surface area contributed by atoms with E-state index in [1.54, 1.807) is 24.3 Å². The molecule has 0 saturated carbocycles. The zero-order valence-electron chi connectivity index (χ0n) is 14.7. The molecule has 1 aliphatic rings. The summed E-state index contributed by atoms with van der Waals surface area (Å²) in [4.78, 5) is 4.76. The molecule has 0 radical (unpaired) electrons. The van der Waals surface area contributed by atoms with Gasteiger partial charge in [-0.25, -0.2) is 8.42 Å². The molecule has 0 amide bonds. The van der Waals surface area contributed by atoms with Crippen LogP contribution in [0.1, 0.15) is 24.7 Å². The maximum absolute atomic E-state index is 12.8. The van der Waals surface area contributed by atoms with E-state index in [1.165, 1.54) is 4.31 Å². The van der Waals surface area contributed by atoms with E-state index in [-0.39, 0.29) is 10.8 Å². The Kier molecular flexibility index (Phi) is 4.67. The SMILES string of the molecule is Nc1ccc(S(=O)(=O)N2CCC(c3nc(-c4ccccc4)no3)CC2)cc1. The first-order valence-corrected chi connectivity index (χ1v) is 10.2. The van der Waals surface area contributed by atoms with Gasteiger partial charge in [-0.1, -0.05) is 35.5 Å². The van der Waals surface area contributed by atoms with Crippen molar-refractivity contribution in [1.29, 1.82) is 0 Å². The van der Waals surface area contributed by atoms with Crippen molar-refractivity contribution in [3.05, 3.63) is 60.5 Å². The van der Waals surface area contributed by atoms with Crippen molar-refractivity contribution in [2.24, 2.45) is 0 Å². The molecule has 1 fully saturated rings. The molecule has 140 valence electrons. The number of benzene rings is 2. The van der Waals surface area contributed by atoms with Gasteiger partial charge in [-0.3, -0.25) is 0 Å². The molecule has 7 nitrogen and oxygen atoms in total. The molecule has 2 N–H and O–H groups in total. The zero-order valence-corrected chi connectivity index (χ0v) is 15.5. The average molecular weight is 384 g/mol. The van der Waals surface area contributed by atoms with Crippen molar-refractivity contribution < 1.29 is 12.9 Å². The second kappa shape index (κ2) is 7.13. The summed E-state index contributed by atoms with van der Waals surface area (Å²) in [7, 11) is -3.51. The number of hydrogen-bond donors (Lipinski definition) is 1. The molecule has 27 heavy (non-hydrogen) atoms. The van der Waals surface area contributed by atoms with Gasteiger partial charge < -0.3 is 10.3 Å². The maximum atomic E-state index is 12.8. The number of anilines is 1. The Balaban J connectivity index is 1.45. The third-order valence-corrected chi connectivity index (χ3v) is 6.71. The number of aromatic nitrogens is 2. The van der Waals surface area contributed by atoms with Crippen molar-refractivity contribution in [3.63, 3.8) is 0 Å². The van der Waals surface area contributed by atoms with E-state index in [0.29, 0.717) is 43.3 Å². The summed E-state index contributed by atoms with van der Waals surface area (Å²) in [6, 6.07) is 15.9. The molecule has 0 atom stereocenters. The number of nitrogens with two attached hydrogens (primary N) is 1. The van der Waals surface area contributed by atoms with Gasteiger partial charge in [-0.05, 0) is 37.1 Å². The predicted molar refractivity (Wildman–Crippen MR) is 101 cm³/mol. The first-order valence-electron chi connectivity index (χ1n) is 8.79. The van der Waals surface area contributed by atoms with E-state index in [9.17, 15) is 8.42 Å². The first kappa shape index (κ1) is 17.7. The Labute approximate surface area is 157 Å².